The largest absolute Gasteiger partial charge is 0.388 e. The van der Waals surface area contributed by atoms with Crippen LogP contribution in [-0.4, -0.2) is 76.5 Å². The van der Waals surface area contributed by atoms with E-state index < -0.39 is 6.10 Å². The van der Waals surface area contributed by atoms with E-state index in [0.717, 1.165) is 50.0 Å². The summed E-state index contributed by atoms with van der Waals surface area (Å²) >= 11 is 0. The van der Waals surface area contributed by atoms with Crippen LogP contribution in [0, 0.1) is 11.7 Å². The third-order valence-corrected chi connectivity index (χ3v) is 7.04. The second-order valence-electron chi connectivity index (χ2n) is 9.39. The summed E-state index contributed by atoms with van der Waals surface area (Å²) in [7, 11) is 1.91. The molecule has 3 aliphatic heterocycles. The van der Waals surface area contributed by atoms with Gasteiger partial charge in [0.1, 0.15) is 12.4 Å². The summed E-state index contributed by atoms with van der Waals surface area (Å²) in [5, 5.41) is 21.6. The first-order valence-electron chi connectivity index (χ1n) is 11.1. The number of nitrogens with zero attached hydrogens (tertiary/aromatic N) is 3. The molecule has 0 spiro atoms. The highest BCUT2D eigenvalue weighted by atomic mass is 19.1. The Labute approximate surface area is 183 Å². The lowest BCUT2D eigenvalue weighted by Crippen LogP contribution is -2.63. The number of aliphatic hydroxyl groups is 1. The lowest BCUT2D eigenvalue weighted by Gasteiger charge is -2.44. The maximum Gasteiger partial charge on any atom is 0.236 e. The number of likely N-dealkylation sites (tertiary alicyclic amines) is 1. The first kappa shape index (κ1) is 22.3. The molecule has 2 saturated heterocycles. The molecule has 0 amide bonds. The van der Waals surface area contributed by atoms with Crippen LogP contribution in [0.5, 0.6) is 0 Å². The minimum absolute atomic E-state index is 0.0154. The molecule has 0 aromatic heterocycles. The normalized spacial score (nSPS) is 29.3. The molecule has 0 saturated carbocycles. The topological polar surface area (TPSA) is 64.0 Å². The van der Waals surface area contributed by atoms with Crippen molar-refractivity contribution in [2.45, 2.75) is 38.3 Å². The molecule has 3 heterocycles. The highest BCUT2D eigenvalue weighted by molar-refractivity contribution is 5.98. The molecule has 1 unspecified atom stereocenters. The van der Waals surface area contributed by atoms with Gasteiger partial charge >= 0.3 is 0 Å². The van der Waals surface area contributed by atoms with Crippen molar-refractivity contribution in [1.82, 2.24) is 9.80 Å². The zero-order chi connectivity index (χ0) is 22.2. The minimum atomic E-state index is -0.570. The molecule has 1 aromatic rings. The Kier molecular flexibility index (Phi) is 6.42. The van der Waals surface area contributed by atoms with Crippen molar-refractivity contribution in [3.63, 3.8) is 0 Å². The van der Waals surface area contributed by atoms with Crippen molar-refractivity contribution < 1.29 is 24.1 Å². The van der Waals surface area contributed by atoms with Crippen molar-refractivity contribution in [1.29, 1.82) is 0 Å². The average molecular weight is 431 g/mol. The van der Waals surface area contributed by atoms with Crippen LogP contribution >= 0.6 is 0 Å². The second kappa shape index (κ2) is 8.92. The zero-order valence-electron chi connectivity index (χ0n) is 18.4. The Bertz CT molecular complexity index is 877. The molecular weight excluding hydrogens is 397 g/mol. The van der Waals surface area contributed by atoms with Crippen LogP contribution in [-0.2, 0) is 4.79 Å². The maximum atomic E-state index is 13.1. The molecule has 31 heavy (non-hydrogen) atoms. The second-order valence-corrected chi connectivity index (χ2v) is 9.39. The van der Waals surface area contributed by atoms with Gasteiger partial charge in [0.05, 0.1) is 12.1 Å². The molecule has 2 fully saturated rings. The number of rotatable bonds is 5. The fourth-order valence-corrected chi connectivity index (χ4v) is 5.24. The smallest absolute Gasteiger partial charge is 0.236 e. The molecule has 0 radical (unpaired) electrons. The predicted octanol–water partition coefficient (Wildman–Crippen LogP) is 2.85. The number of quaternary nitrogens is 1. The molecule has 168 valence electrons. The van der Waals surface area contributed by atoms with Crippen molar-refractivity contribution in [3.8, 4) is 0 Å². The van der Waals surface area contributed by atoms with Gasteiger partial charge in [-0.05, 0) is 75.5 Å². The number of Topliss-reactive ketones (excluding diaryl/α,β-unsaturated/α-hetero) is 1. The Morgan fingerprint density at radius 1 is 1.19 bits per heavy atom. The van der Waals surface area contributed by atoms with Gasteiger partial charge in [-0.25, -0.2) is 14.5 Å². The van der Waals surface area contributed by atoms with E-state index in [1.54, 1.807) is 18.2 Å². The van der Waals surface area contributed by atoms with Crippen LogP contribution in [0.1, 0.15) is 37.9 Å². The van der Waals surface area contributed by atoms with Gasteiger partial charge in [-0.15, -0.1) is 4.65 Å². The minimum Gasteiger partial charge on any atom is -0.388 e. The third-order valence-electron chi connectivity index (χ3n) is 7.04. The van der Waals surface area contributed by atoms with E-state index in [9.17, 15) is 19.5 Å². The van der Waals surface area contributed by atoms with Crippen LogP contribution in [0.25, 0.3) is 0 Å². The molecule has 0 aliphatic carbocycles. The number of carbonyl (C=O) groups excluding carboxylic acids is 1. The summed E-state index contributed by atoms with van der Waals surface area (Å²) in [5.74, 6) is -0.113. The maximum absolute atomic E-state index is 13.1. The fraction of sp³-hybridized carbons (Fsp3) is 0.542. The first-order chi connectivity index (χ1) is 14.8. The van der Waals surface area contributed by atoms with Crippen molar-refractivity contribution in [2.75, 3.05) is 39.9 Å². The number of hydrogen-bond acceptors (Lipinski definition) is 5. The monoisotopic (exact) mass is 430 g/mol. The SMILES string of the molecule is CC1=CC=C2C(=O)C(CCN3CCC([C@@H](O)c4ccc(F)cc4)CC3)N(C)C[N@+]2(O)C1. The van der Waals surface area contributed by atoms with E-state index in [0.29, 0.717) is 18.9 Å². The van der Waals surface area contributed by atoms with Crippen molar-refractivity contribution in [2.24, 2.45) is 5.92 Å². The van der Waals surface area contributed by atoms with Gasteiger partial charge in [0.25, 0.3) is 0 Å². The van der Waals surface area contributed by atoms with Gasteiger partial charge in [0.15, 0.2) is 6.67 Å². The van der Waals surface area contributed by atoms with E-state index in [1.165, 1.54) is 12.1 Å². The summed E-state index contributed by atoms with van der Waals surface area (Å²) in [4.78, 5) is 17.4. The number of fused-ring (bicyclic) bond motifs is 1. The van der Waals surface area contributed by atoms with Gasteiger partial charge in [0.2, 0.25) is 11.5 Å². The van der Waals surface area contributed by atoms with Crippen LogP contribution in [0.3, 0.4) is 0 Å². The molecule has 2 N–H and O–H groups in total. The molecule has 4 rings (SSSR count). The van der Waals surface area contributed by atoms with Gasteiger partial charge in [-0.1, -0.05) is 18.2 Å². The van der Waals surface area contributed by atoms with Gasteiger partial charge in [-0.3, -0.25) is 4.79 Å². The molecule has 3 atom stereocenters. The summed E-state index contributed by atoms with van der Waals surface area (Å²) in [6.07, 6.45) is 5.61. The number of ketones is 1. The van der Waals surface area contributed by atoms with E-state index in [4.69, 9.17) is 0 Å². The zero-order valence-corrected chi connectivity index (χ0v) is 18.4. The van der Waals surface area contributed by atoms with Gasteiger partial charge in [-0.2, -0.15) is 0 Å². The Balaban J connectivity index is 1.30. The number of halogens is 1. The van der Waals surface area contributed by atoms with Crippen LogP contribution < -0.4 is 0 Å². The number of piperidine rings is 1. The number of likely N-dealkylation sites (N-methyl/N-ethyl adjacent to an activating group) is 1. The van der Waals surface area contributed by atoms with E-state index in [-0.39, 0.29) is 28.2 Å². The molecular formula is C24H33FN3O3+. The van der Waals surface area contributed by atoms with Crippen molar-refractivity contribution in [3.05, 3.63) is 59.1 Å². The third kappa shape index (κ3) is 4.66. The fourth-order valence-electron chi connectivity index (χ4n) is 5.24. The standard InChI is InChI=1S/C24H33FN3O3/c1-17-3-8-22-24(30)21(26(2)16-28(22,31)15-17)11-14-27-12-9-19(10-13-27)23(29)18-4-6-20(25)7-5-18/h3-8,19,21,23,29,31H,9-16H2,1-2H3/q+1/t21?,23-,28+/m0/s1. The van der Waals surface area contributed by atoms with Crippen LogP contribution in [0.4, 0.5) is 4.39 Å². The van der Waals surface area contributed by atoms with Crippen LogP contribution in [0.2, 0.25) is 0 Å². The average Bonchev–Trinajstić information content (AvgIpc) is 2.73. The number of aliphatic hydroxyl groups excluding tert-OH is 1. The lowest BCUT2D eigenvalue weighted by atomic mass is 9.87. The summed E-state index contributed by atoms with van der Waals surface area (Å²) in [6.45, 7) is 5.40. The summed E-state index contributed by atoms with van der Waals surface area (Å²) < 4.78 is 12.8. The lowest BCUT2D eigenvalue weighted by molar-refractivity contribution is -1.07. The Morgan fingerprint density at radius 3 is 2.55 bits per heavy atom. The number of hydrogen-bond donors (Lipinski definition) is 2. The number of benzene rings is 1. The first-order valence-corrected chi connectivity index (χ1v) is 11.1. The van der Waals surface area contributed by atoms with Gasteiger partial charge in [0, 0.05) is 12.6 Å². The van der Waals surface area contributed by atoms with Crippen molar-refractivity contribution >= 4 is 5.78 Å². The van der Waals surface area contributed by atoms with Gasteiger partial charge < -0.3 is 10.0 Å². The molecule has 6 nitrogen and oxygen atoms in total. The Morgan fingerprint density at radius 2 is 1.87 bits per heavy atom. The highest BCUT2D eigenvalue weighted by Crippen LogP contribution is 2.33. The number of allylic oxidation sites excluding steroid dienone is 2. The van der Waals surface area contributed by atoms with E-state index >= 15 is 0 Å². The predicted molar refractivity (Wildman–Crippen MR) is 115 cm³/mol. The quantitative estimate of drug-likeness (QED) is 0.704. The summed E-state index contributed by atoms with van der Waals surface area (Å²) in [6, 6.07) is 5.88. The summed E-state index contributed by atoms with van der Waals surface area (Å²) in [5.41, 5.74) is 2.33. The van der Waals surface area contributed by atoms with Crippen LogP contribution in [0.15, 0.2) is 47.7 Å². The van der Waals surface area contributed by atoms with E-state index in [1.807, 2.05) is 24.9 Å². The van der Waals surface area contributed by atoms with E-state index in [2.05, 4.69) is 4.90 Å². The molecule has 1 aromatic carbocycles. The number of hydroxylamine groups is 3. The molecule has 0 bridgehead atoms. The Hall–Kier alpha value is -1.90. The molecule has 7 heteroatoms. The highest BCUT2D eigenvalue weighted by Gasteiger charge is 2.48. The number of carbonyl (C=O) groups is 1. The molecule has 3 aliphatic rings.